The van der Waals surface area contributed by atoms with Crippen molar-refractivity contribution in [2.24, 2.45) is 0 Å². The number of hydrogen-bond donors (Lipinski definition) is 0. The average Bonchev–Trinajstić information content (AvgIpc) is 3.60. The molecule has 2 aromatic carbocycles. The molecule has 1 aliphatic heterocycles. The Morgan fingerprint density at radius 3 is 2.85 bits per heavy atom. The number of carbonyl (C=O) groups is 1. The lowest BCUT2D eigenvalue weighted by Crippen LogP contribution is -2.32. The smallest absolute Gasteiger partial charge is 0.261 e. The first kappa shape index (κ1) is 21.1. The molecule has 9 nitrogen and oxygen atoms in total. The SMILES string of the molecule is COc1c(F)cccc1-c1nc(C2CCCN2C(=O)c2ccc(Cl)cc2-n2nccn2)no1. The maximum Gasteiger partial charge on any atom is 0.261 e. The molecule has 2 aromatic heterocycles. The summed E-state index contributed by atoms with van der Waals surface area (Å²) < 4.78 is 24.6. The molecule has 1 fully saturated rings. The van der Waals surface area contributed by atoms with Crippen molar-refractivity contribution in [2.45, 2.75) is 18.9 Å². The third-order valence-corrected chi connectivity index (χ3v) is 5.71. The number of rotatable bonds is 5. The first-order chi connectivity index (χ1) is 16.1. The van der Waals surface area contributed by atoms with Gasteiger partial charge >= 0.3 is 0 Å². The lowest BCUT2D eigenvalue weighted by atomic mass is 10.1. The van der Waals surface area contributed by atoms with Crippen LogP contribution in [0.5, 0.6) is 5.75 Å². The van der Waals surface area contributed by atoms with Gasteiger partial charge in [-0.05, 0) is 43.2 Å². The molecule has 1 amide bonds. The molecule has 1 aliphatic rings. The van der Waals surface area contributed by atoms with Crippen LogP contribution in [0.1, 0.15) is 35.1 Å². The van der Waals surface area contributed by atoms with E-state index in [1.54, 1.807) is 29.2 Å². The van der Waals surface area contributed by atoms with E-state index in [4.69, 9.17) is 20.9 Å². The zero-order valence-electron chi connectivity index (χ0n) is 17.5. The highest BCUT2D eigenvalue weighted by Gasteiger charge is 2.35. The molecule has 0 spiro atoms. The second-order valence-electron chi connectivity index (χ2n) is 7.41. The number of benzene rings is 2. The van der Waals surface area contributed by atoms with Gasteiger partial charge in [0, 0.05) is 11.6 Å². The second kappa shape index (κ2) is 8.62. The molecule has 1 unspecified atom stereocenters. The zero-order valence-corrected chi connectivity index (χ0v) is 18.2. The van der Waals surface area contributed by atoms with Crippen molar-refractivity contribution in [3.05, 3.63) is 71.0 Å². The van der Waals surface area contributed by atoms with E-state index in [1.807, 2.05) is 0 Å². The van der Waals surface area contributed by atoms with Gasteiger partial charge in [0.1, 0.15) is 0 Å². The topological polar surface area (TPSA) is 99.2 Å². The minimum Gasteiger partial charge on any atom is -0.493 e. The van der Waals surface area contributed by atoms with E-state index in [9.17, 15) is 9.18 Å². The average molecular weight is 469 g/mol. The summed E-state index contributed by atoms with van der Waals surface area (Å²) in [7, 11) is 1.37. The van der Waals surface area contributed by atoms with Crippen LogP contribution >= 0.6 is 11.6 Å². The Morgan fingerprint density at radius 1 is 1.24 bits per heavy atom. The monoisotopic (exact) mass is 468 g/mol. The third kappa shape index (κ3) is 3.82. The van der Waals surface area contributed by atoms with Crippen LogP contribution in [-0.4, -0.2) is 49.6 Å². The number of methoxy groups -OCH3 is 1. The van der Waals surface area contributed by atoms with Gasteiger partial charge in [-0.1, -0.05) is 22.8 Å². The molecule has 0 aliphatic carbocycles. The van der Waals surface area contributed by atoms with Crippen LogP contribution in [0.15, 0.2) is 53.3 Å². The third-order valence-electron chi connectivity index (χ3n) is 5.48. The van der Waals surface area contributed by atoms with Crippen LogP contribution in [-0.2, 0) is 0 Å². The van der Waals surface area contributed by atoms with Gasteiger partial charge in [-0.2, -0.15) is 20.0 Å². The molecular formula is C22H18ClFN6O3. The number of amides is 1. The number of para-hydroxylation sites is 1. The van der Waals surface area contributed by atoms with Crippen LogP contribution in [0.3, 0.4) is 0 Å². The predicted molar refractivity (Wildman–Crippen MR) is 116 cm³/mol. The highest BCUT2D eigenvalue weighted by Crippen LogP contribution is 2.36. The number of ether oxygens (including phenoxy) is 1. The summed E-state index contributed by atoms with van der Waals surface area (Å²) >= 11 is 6.16. The van der Waals surface area contributed by atoms with Crippen molar-refractivity contribution >= 4 is 17.5 Å². The van der Waals surface area contributed by atoms with Crippen molar-refractivity contribution in [2.75, 3.05) is 13.7 Å². The zero-order chi connectivity index (χ0) is 22.9. The largest absolute Gasteiger partial charge is 0.493 e. The van der Waals surface area contributed by atoms with E-state index >= 15 is 0 Å². The van der Waals surface area contributed by atoms with E-state index in [2.05, 4.69) is 20.3 Å². The Kier molecular flexibility index (Phi) is 5.51. The van der Waals surface area contributed by atoms with Crippen molar-refractivity contribution in [1.29, 1.82) is 0 Å². The first-order valence-corrected chi connectivity index (χ1v) is 10.6. The van der Waals surface area contributed by atoms with E-state index in [0.29, 0.717) is 40.6 Å². The van der Waals surface area contributed by atoms with Crippen molar-refractivity contribution in [1.82, 2.24) is 30.0 Å². The minimum absolute atomic E-state index is 0.0181. The highest BCUT2D eigenvalue weighted by molar-refractivity contribution is 6.31. The second-order valence-corrected chi connectivity index (χ2v) is 7.85. The Balaban J connectivity index is 1.47. The van der Waals surface area contributed by atoms with E-state index in [-0.39, 0.29) is 17.5 Å². The molecule has 1 saturated heterocycles. The summed E-state index contributed by atoms with van der Waals surface area (Å²) in [5.74, 6) is -0.279. The molecule has 4 aromatic rings. The maximum atomic E-state index is 14.1. The lowest BCUT2D eigenvalue weighted by Gasteiger charge is -2.23. The molecule has 0 saturated carbocycles. The summed E-state index contributed by atoms with van der Waals surface area (Å²) in [5, 5.41) is 12.8. The fraction of sp³-hybridized carbons (Fsp3) is 0.227. The Bertz CT molecular complexity index is 1310. The van der Waals surface area contributed by atoms with Gasteiger partial charge in [0.25, 0.3) is 11.8 Å². The summed E-state index contributed by atoms with van der Waals surface area (Å²) in [4.78, 5) is 21.0. The summed E-state index contributed by atoms with van der Waals surface area (Å²) in [6, 6.07) is 9.00. The van der Waals surface area contributed by atoms with Crippen molar-refractivity contribution in [3.8, 4) is 22.9 Å². The molecule has 11 heteroatoms. The summed E-state index contributed by atoms with van der Waals surface area (Å²) in [6.07, 6.45) is 4.48. The van der Waals surface area contributed by atoms with Crippen LogP contribution < -0.4 is 4.74 Å². The van der Waals surface area contributed by atoms with E-state index in [1.165, 1.54) is 36.4 Å². The summed E-state index contributed by atoms with van der Waals surface area (Å²) in [5.41, 5.74) is 1.22. The molecule has 33 heavy (non-hydrogen) atoms. The molecule has 0 radical (unpaired) electrons. The van der Waals surface area contributed by atoms with Crippen molar-refractivity contribution < 1.29 is 18.4 Å². The molecule has 1 atom stereocenters. The lowest BCUT2D eigenvalue weighted by molar-refractivity contribution is 0.0728. The molecule has 0 N–H and O–H groups in total. The summed E-state index contributed by atoms with van der Waals surface area (Å²) in [6.45, 7) is 0.519. The fourth-order valence-electron chi connectivity index (χ4n) is 3.99. The van der Waals surface area contributed by atoms with Gasteiger partial charge < -0.3 is 14.2 Å². The highest BCUT2D eigenvalue weighted by atomic mass is 35.5. The standard InChI is InChI=1S/C22H18ClFN6O3/c1-32-19-15(4-2-5-16(19)24)21-27-20(28-33-21)17-6-3-11-29(17)22(31)14-8-7-13(23)12-18(14)30-25-9-10-26-30/h2,4-5,7-10,12,17H,3,6,11H2,1H3. The molecule has 0 bridgehead atoms. The normalized spacial score (nSPS) is 15.7. The molecule has 168 valence electrons. The van der Waals surface area contributed by atoms with Gasteiger partial charge in [0.05, 0.1) is 42.4 Å². The number of halogens is 2. The fourth-order valence-corrected chi connectivity index (χ4v) is 4.15. The van der Waals surface area contributed by atoms with Crippen LogP contribution in [0.25, 0.3) is 17.1 Å². The van der Waals surface area contributed by atoms with Gasteiger partial charge in [0.15, 0.2) is 17.4 Å². The van der Waals surface area contributed by atoms with Crippen molar-refractivity contribution in [3.63, 3.8) is 0 Å². The number of nitrogens with zero attached hydrogens (tertiary/aromatic N) is 6. The maximum absolute atomic E-state index is 14.1. The van der Waals surface area contributed by atoms with Crippen LogP contribution in [0.4, 0.5) is 4.39 Å². The van der Waals surface area contributed by atoms with Gasteiger partial charge in [-0.15, -0.1) is 0 Å². The quantitative estimate of drug-likeness (QED) is 0.435. The molecular weight excluding hydrogens is 451 g/mol. The van der Waals surface area contributed by atoms with Crippen LogP contribution in [0, 0.1) is 5.82 Å². The Hall–Kier alpha value is -3.79. The minimum atomic E-state index is -0.532. The number of hydrogen-bond acceptors (Lipinski definition) is 7. The molecule has 3 heterocycles. The number of carbonyl (C=O) groups excluding carboxylic acids is 1. The molecule has 5 rings (SSSR count). The van der Waals surface area contributed by atoms with Gasteiger partial charge in [0.2, 0.25) is 0 Å². The van der Waals surface area contributed by atoms with E-state index in [0.717, 1.165) is 6.42 Å². The number of likely N-dealkylation sites (tertiary alicyclic amines) is 1. The Labute approximate surface area is 192 Å². The Morgan fingerprint density at radius 2 is 2.06 bits per heavy atom. The van der Waals surface area contributed by atoms with Crippen LogP contribution in [0.2, 0.25) is 5.02 Å². The van der Waals surface area contributed by atoms with E-state index < -0.39 is 11.9 Å². The first-order valence-electron chi connectivity index (χ1n) is 10.2. The number of aromatic nitrogens is 5. The predicted octanol–water partition coefficient (Wildman–Crippen LogP) is 4.10. The van der Waals surface area contributed by atoms with Gasteiger partial charge in [-0.25, -0.2) is 4.39 Å². The van der Waals surface area contributed by atoms with Gasteiger partial charge in [-0.3, -0.25) is 4.79 Å².